The lowest BCUT2D eigenvalue weighted by molar-refractivity contribution is -0.143. The highest BCUT2D eigenvalue weighted by molar-refractivity contribution is 5.96. The summed E-state index contributed by atoms with van der Waals surface area (Å²) in [7, 11) is 0. The Balaban J connectivity index is 1.46. The third-order valence-electron chi connectivity index (χ3n) is 7.46. The Kier molecular flexibility index (Phi) is 10.7. The number of carboxylic acid groups (broad SMARTS) is 3. The number of para-hydroxylation sites is 2. The van der Waals surface area contributed by atoms with Crippen LogP contribution < -0.4 is 21.7 Å². The molecule has 0 radical (unpaired) electrons. The van der Waals surface area contributed by atoms with Gasteiger partial charge in [0.2, 0.25) is 17.7 Å². The van der Waals surface area contributed by atoms with Crippen molar-refractivity contribution in [1.82, 2.24) is 25.9 Å². The Bertz CT molecular complexity index is 1760. The van der Waals surface area contributed by atoms with Crippen molar-refractivity contribution in [3.05, 3.63) is 72.1 Å². The summed E-state index contributed by atoms with van der Waals surface area (Å²) in [5, 5.41) is 36.9. The average molecular weight is 635 g/mol. The maximum Gasteiger partial charge on any atom is 0.326 e. The number of carboxylic acids is 3. The first-order valence-electron chi connectivity index (χ1n) is 14.4. The van der Waals surface area contributed by atoms with Crippen LogP contribution >= 0.6 is 0 Å². The van der Waals surface area contributed by atoms with Crippen molar-refractivity contribution < 1.29 is 44.1 Å². The number of amides is 3. The first-order chi connectivity index (χ1) is 21.9. The van der Waals surface area contributed by atoms with Gasteiger partial charge in [0, 0.05) is 47.0 Å². The first-order valence-corrected chi connectivity index (χ1v) is 14.4. The molecular weight excluding hydrogens is 600 g/mol. The molecule has 46 heavy (non-hydrogen) atoms. The number of rotatable bonds is 16. The number of benzene rings is 2. The zero-order valence-electron chi connectivity index (χ0n) is 24.5. The van der Waals surface area contributed by atoms with Gasteiger partial charge in [0.05, 0.1) is 12.5 Å². The van der Waals surface area contributed by atoms with Crippen molar-refractivity contribution in [2.45, 2.75) is 56.3 Å². The summed E-state index contributed by atoms with van der Waals surface area (Å²) in [6.45, 7) is 0. The van der Waals surface area contributed by atoms with Crippen molar-refractivity contribution in [3.8, 4) is 0 Å². The molecule has 2 heterocycles. The third-order valence-corrected chi connectivity index (χ3v) is 7.46. The minimum Gasteiger partial charge on any atom is -0.481 e. The van der Waals surface area contributed by atoms with Crippen LogP contribution in [0.4, 0.5) is 0 Å². The molecule has 15 heteroatoms. The summed E-state index contributed by atoms with van der Waals surface area (Å²) in [5.74, 6) is -7.05. The van der Waals surface area contributed by atoms with Crippen molar-refractivity contribution >= 4 is 57.4 Å². The number of carbonyl (C=O) groups is 6. The van der Waals surface area contributed by atoms with Gasteiger partial charge < -0.3 is 47.0 Å². The molecule has 15 nitrogen and oxygen atoms in total. The van der Waals surface area contributed by atoms with Crippen molar-refractivity contribution in [2.24, 2.45) is 5.73 Å². The molecule has 0 aliphatic carbocycles. The fourth-order valence-corrected chi connectivity index (χ4v) is 5.09. The topological polar surface area (TPSA) is 257 Å². The van der Waals surface area contributed by atoms with Gasteiger partial charge in [-0.3, -0.25) is 24.0 Å². The Morgan fingerprint density at radius 3 is 1.70 bits per heavy atom. The maximum atomic E-state index is 13.3. The number of carbonyl (C=O) groups excluding carboxylic acids is 3. The maximum absolute atomic E-state index is 13.3. The summed E-state index contributed by atoms with van der Waals surface area (Å²) >= 11 is 0. The molecule has 4 unspecified atom stereocenters. The minimum atomic E-state index is -1.75. The number of nitrogens with one attached hydrogen (secondary N) is 5. The van der Waals surface area contributed by atoms with Crippen LogP contribution in [-0.2, 0) is 41.6 Å². The van der Waals surface area contributed by atoms with Crippen LogP contribution in [0, 0.1) is 0 Å². The summed E-state index contributed by atoms with van der Waals surface area (Å²) in [5.41, 5.74) is 9.03. The van der Waals surface area contributed by atoms with E-state index in [9.17, 15) is 44.1 Å². The number of hydrogen-bond donors (Lipinski definition) is 9. The average Bonchev–Trinajstić information content (AvgIpc) is 3.62. The fourth-order valence-electron chi connectivity index (χ4n) is 5.09. The molecule has 4 rings (SSSR count). The van der Waals surface area contributed by atoms with Gasteiger partial charge in [-0.2, -0.15) is 0 Å². The second-order valence-electron chi connectivity index (χ2n) is 10.8. The number of aromatic amines is 2. The molecule has 0 saturated heterocycles. The van der Waals surface area contributed by atoms with E-state index in [1.165, 1.54) is 0 Å². The summed E-state index contributed by atoms with van der Waals surface area (Å²) in [4.78, 5) is 80.4. The van der Waals surface area contributed by atoms with Crippen molar-refractivity contribution in [3.63, 3.8) is 0 Å². The zero-order chi connectivity index (χ0) is 33.4. The molecule has 0 aliphatic heterocycles. The van der Waals surface area contributed by atoms with E-state index in [0.29, 0.717) is 5.56 Å². The first kappa shape index (κ1) is 33.2. The lowest BCUT2D eigenvalue weighted by Crippen LogP contribution is -2.57. The highest BCUT2D eigenvalue weighted by Crippen LogP contribution is 2.20. The van der Waals surface area contributed by atoms with E-state index < -0.39 is 79.1 Å². The van der Waals surface area contributed by atoms with Gasteiger partial charge in [-0.05, 0) is 36.1 Å². The van der Waals surface area contributed by atoms with Gasteiger partial charge in [-0.25, -0.2) is 4.79 Å². The highest BCUT2D eigenvalue weighted by Gasteiger charge is 2.32. The minimum absolute atomic E-state index is 0.0835. The van der Waals surface area contributed by atoms with Crippen LogP contribution in [0.15, 0.2) is 60.9 Å². The molecule has 0 fully saturated rings. The Morgan fingerprint density at radius 2 is 1.15 bits per heavy atom. The second-order valence-corrected chi connectivity index (χ2v) is 10.8. The predicted molar refractivity (Wildman–Crippen MR) is 165 cm³/mol. The molecule has 10 N–H and O–H groups in total. The van der Waals surface area contributed by atoms with Crippen molar-refractivity contribution in [1.29, 1.82) is 0 Å². The monoisotopic (exact) mass is 634 g/mol. The van der Waals surface area contributed by atoms with E-state index in [-0.39, 0.29) is 12.8 Å². The molecule has 2 aromatic carbocycles. The van der Waals surface area contributed by atoms with Crippen LogP contribution in [0.25, 0.3) is 21.8 Å². The van der Waals surface area contributed by atoms with E-state index in [0.717, 1.165) is 27.4 Å². The standard InChI is InChI=1S/C31H34N6O9/c32-20(11-16-14-33-21-7-3-1-5-18(16)21)28(42)35-23(9-10-26(38)39)29(43)36-24(13-27(40)41)30(44)37-25(31(45)46)12-17-15-34-22-8-4-2-6-19(17)22/h1-8,14-15,20,23-25,33-34H,9-13,32H2,(H,35,42)(H,36,43)(H,37,44)(H,38,39)(H,40,41)(H,45,46). The van der Waals surface area contributed by atoms with Crippen molar-refractivity contribution in [2.75, 3.05) is 0 Å². The molecule has 0 spiro atoms. The van der Waals surface area contributed by atoms with Gasteiger partial charge in [-0.1, -0.05) is 36.4 Å². The van der Waals surface area contributed by atoms with E-state index in [1.807, 2.05) is 24.3 Å². The third kappa shape index (κ3) is 8.47. The number of aromatic nitrogens is 2. The highest BCUT2D eigenvalue weighted by atomic mass is 16.4. The largest absolute Gasteiger partial charge is 0.481 e. The van der Waals surface area contributed by atoms with E-state index in [4.69, 9.17) is 5.73 Å². The van der Waals surface area contributed by atoms with Gasteiger partial charge in [0.1, 0.15) is 18.1 Å². The quantitative estimate of drug-likeness (QED) is 0.0831. The summed E-state index contributed by atoms with van der Waals surface area (Å²) < 4.78 is 0. The van der Waals surface area contributed by atoms with E-state index in [1.54, 1.807) is 36.7 Å². The molecule has 3 amide bonds. The SMILES string of the molecule is NC(Cc1c[nH]c2ccccc12)C(=O)NC(CCC(=O)O)C(=O)NC(CC(=O)O)C(=O)NC(Cc1c[nH]c2ccccc12)C(=O)O. The van der Waals surface area contributed by atoms with Crippen LogP contribution in [0.3, 0.4) is 0 Å². The molecular formula is C31H34N6O9. The normalized spacial score (nSPS) is 13.8. The van der Waals surface area contributed by atoms with E-state index in [2.05, 4.69) is 25.9 Å². The van der Waals surface area contributed by atoms with Crippen LogP contribution in [0.2, 0.25) is 0 Å². The van der Waals surface area contributed by atoms with Crippen LogP contribution in [0.1, 0.15) is 30.4 Å². The number of nitrogens with two attached hydrogens (primary N) is 1. The predicted octanol–water partition coefficient (Wildman–Crippen LogP) is 0.640. The summed E-state index contributed by atoms with van der Waals surface area (Å²) in [6.07, 6.45) is 1.37. The number of fused-ring (bicyclic) bond motifs is 2. The summed E-state index contributed by atoms with van der Waals surface area (Å²) in [6, 6.07) is 8.60. The molecule has 4 aromatic rings. The molecule has 0 saturated carbocycles. The fraction of sp³-hybridized carbons (Fsp3) is 0.290. The molecule has 2 aromatic heterocycles. The lowest BCUT2D eigenvalue weighted by atomic mass is 10.0. The molecule has 0 aliphatic rings. The zero-order valence-corrected chi connectivity index (χ0v) is 24.5. The van der Waals surface area contributed by atoms with Gasteiger partial charge in [0.25, 0.3) is 0 Å². The molecule has 4 atom stereocenters. The van der Waals surface area contributed by atoms with Crippen LogP contribution in [0.5, 0.6) is 0 Å². The number of aliphatic carboxylic acids is 3. The smallest absolute Gasteiger partial charge is 0.326 e. The Hall–Kier alpha value is -5.70. The molecule has 242 valence electrons. The second kappa shape index (κ2) is 14.9. The molecule has 0 bridgehead atoms. The van der Waals surface area contributed by atoms with Crippen LogP contribution in [-0.4, -0.2) is 85.1 Å². The number of hydrogen-bond acceptors (Lipinski definition) is 7. The Morgan fingerprint density at radius 1 is 0.652 bits per heavy atom. The van der Waals surface area contributed by atoms with Gasteiger partial charge in [0.15, 0.2) is 0 Å². The van der Waals surface area contributed by atoms with Gasteiger partial charge in [-0.15, -0.1) is 0 Å². The number of H-pyrrole nitrogens is 2. The van der Waals surface area contributed by atoms with Gasteiger partial charge >= 0.3 is 17.9 Å². The van der Waals surface area contributed by atoms with E-state index >= 15 is 0 Å². The Labute approximate surface area is 261 Å². The lowest BCUT2D eigenvalue weighted by Gasteiger charge is -2.24.